The highest BCUT2D eigenvalue weighted by molar-refractivity contribution is 5.93. The summed E-state index contributed by atoms with van der Waals surface area (Å²) in [5.41, 5.74) is 2.02. The van der Waals surface area contributed by atoms with Gasteiger partial charge in [0.25, 0.3) is 0 Å². The Kier molecular flexibility index (Phi) is 6.82. The summed E-state index contributed by atoms with van der Waals surface area (Å²) in [4.78, 5) is 30.6. The number of hydrogen-bond donors (Lipinski definition) is 1. The maximum Gasteiger partial charge on any atom is 0.239 e. The van der Waals surface area contributed by atoms with Crippen molar-refractivity contribution in [3.63, 3.8) is 0 Å². The van der Waals surface area contributed by atoms with Gasteiger partial charge in [-0.05, 0) is 37.1 Å². The molecule has 148 valence electrons. The number of morpholine rings is 1. The topological polar surface area (TPSA) is 65.1 Å². The number of rotatable bonds is 6. The lowest BCUT2D eigenvalue weighted by molar-refractivity contribution is -0.133. The predicted octanol–water partition coefficient (Wildman–Crippen LogP) is 1.01. The second-order valence-corrected chi connectivity index (χ2v) is 7.49. The zero-order chi connectivity index (χ0) is 19.2. The van der Waals surface area contributed by atoms with Gasteiger partial charge in [-0.25, -0.2) is 0 Å². The van der Waals surface area contributed by atoms with Gasteiger partial charge in [0.1, 0.15) is 0 Å². The van der Waals surface area contributed by atoms with Gasteiger partial charge >= 0.3 is 0 Å². The molecule has 0 saturated carbocycles. The van der Waals surface area contributed by atoms with Crippen molar-refractivity contribution in [3.8, 4) is 0 Å². The number of carbonyl (C=O) groups excluding carboxylic acids is 2. The van der Waals surface area contributed by atoms with E-state index in [4.69, 9.17) is 4.74 Å². The largest absolute Gasteiger partial charge is 0.379 e. The average molecular weight is 374 g/mol. The van der Waals surface area contributed by atoms with E-state index in [0.29, 0.717) is 0 Å². The first kappa shape index (κ1) is 19.8. The highest BCUT2D eigenvalue weighted by Gasteiger charge is 2.32. The van der Waals surface area contributed by atoms with Crippen molar-refractivity contribution in [3.05, 3.63) is 29.8 Å². The van der Waals surface area contributed by atoms with Crippen LogP contribution in [0.25, 0.3) is 0 Å². The van der Waals surface area contributed by atoms with Crippen molar-refractivity contribution >= 4 is 17.5 Å². The first-order chi connectivity index (χ1) is 13.0. The highest BCUT2D eigenvalue weighted by atomic mass is 16.5. The second-order valence-electron chi connectivity index (χ2n) is 7.49. The number of likely N-dealkylation sites (tertiary alicyclic amines) is 1. The van der Waals surface area contributed by atoms with E-state index in [2.05, 4.69) is 22.3 Å². The number of anilines is 1. The zero-order valence-electron chi connectivity index (χ0n) is 16.3. The summed E-state index contributed by atoms with van der Waals surface area (Å²) in [6.45, 7) is 5.45. The maximum atomic E-state index is 12.4. The van der Waals surface area contributed by atoms with E-state index in [9.17, 15) is 9.59 Å². The number of hydrogen-bond acceptors (Lipinski definition) is 5. The molecule has 1 atom stereocenters. The van der Waals surface area contributed by atoms with Crippen molar-refractivity contribution < 1.29 is 14.3 Å². The Morgan fingerprint density at radius 3 is 2.52 bits per heavy atom. The summed E-state index contributed by atoms with van der Waals surface area (Å²) in [6, 6.07) is 7.82. The molecule has 2 aliphatic heterocycles. The van der Waals surface area contributed by atoms with Crippen LogP contribution in [0.3, 0.4) is 0 Å². The maximum absolute atomic E-state index is 12.4. The molecule has 1 aromatic carbocycles. The van der Waals surface area contributed by atoms with E-state index < -0.39 is 0 Å². The molecule has 0 radical (unpaired) electrons. The van der Waals surface area contributed by atoms with Crippen molar-refractivity contribution in [2.45, 2.75) is 25.4 Å². The van der Waals surface area contributed by atoms with E-state index in [1.54, 1.807) is 19.0 Å². The van der Waals surface area contributed by atoms with Crippen LogP contribution in [0.15, 0.2) is 24.3 Å². The number of likely N-dealkylation sites (N-methyl/N-ethyl adjacent to an activating group) is 1. The summed E-state index contributed by atoms with van der Waals surface area (Å²) < 4.78 is 5.37. The minimum absolute atomic E-state index is 0.0746. The molecule has 2 amide bonds. The molecule has 1 N–H and O–H groups in total. The molecule has 3 rings (SSSR count). The summed E-state index contributed by atoms with van der Waals surface area (Å²) in [6.07, 6.45) is 1.77. The van der Waals surface area contributed by atoms with Crippen LogP contribution < -0.4 is 5.32 Å². The van der Waals surface area contributed by atoms with Crippen LogP contribution in [0, 0.1) is 0 Å². The Morgan fingerprint density at radius 1 is 1.15 bits per heavy atom. The van der Waals surface area contributed by atoms with Crippen molar-refractivity contribution in [2.75, 3.05) is 58.8 Å². The molecule has 0 aromatic heterocycles. The molecular weight excluding hydrogens is 344 g/mol. The van der Waals surface area contributed by atoms with Crippen molar-refractivity contribution in [1.82, 2.24) is 14.7 Å². The van der Waals surface area contributed by atoms with Gasteiger partial charge in [-0.3, -0.25) is 19.4 Å². The lowest BCUT2D eigenvalue weighted by Gasteiger charge is -2.26. The molecule has 0 bridgehead atoms. The quantitative estimate of drug-likeness (QED) is 0.805. The minimum Gasteiger partial charge on any atom is -0.379 e. The van der Waals surface area contributed by atoms with E-state index in [-0.39, 0.29) is 24.4 Å². The van der Waals surface area contributed by atoms with Gasteiger partial charge in [-0.1, -0.05) is 12.1 Å². The SMILES string of the molecule is CN(C)C(=O)[C@H]1CCCN1CC(=O)Nc1ccc(CN2CCOCC2)cc1. The smallest absolute Gasteiger partial charge is 0.239 e. The second kappa shape index (κ2) is 9.30. The van der Waals surface area contributed by atoms with Gasteiger partial charge in [0.2, 0.25) is 11.8 Å². The van der Waals surface area contributed by atoms with Crippen molar-refractivity contribution in [1.29, 1.82) is 0 Å². The van der Waals surface area contributed by atoms with Crippen LogP contribution >= 0.6 is 0 Å². The predicted molar refractivity (Wildman–Crippen MR) is 104 cm³/mol. The van der Waals surface area contributed by atoms with E-state index in [0.717, 1.165) is 57.9 Å². The van der Waals surface area contributed by atoms with Gasteiger partial charge in [-0.2, -0.15) is 0 Å². The molecule has 2 fully saturated rings. The first-order valence-electron chi connectivity index (χ1n) is 9.67. The molecule has 2 heterocycles. The van der Waals surface area contributed by atoms with E-state index in [1.807, 2.05) is 17.0 Å². The fraction of sp³-hybridized carbons (Fsp3) is 0.600. The van der Waals surface area contributed by atoms with Gasteiger partial charge < -0.3 is 15.0 Å². The number of carbonyl (C=O) groups is 2. The number of nitrogens with one attached hydrogen (secondary N) is 1. The number of amides is 2. The molecule has 0 unspecified atom stereocenters. The Balaban J connectivity index is 1.49. The van der Waals surface area contributed by atoms with Gasteiger partial charge in [0.15, 0.2) is 0 Å². The Bertz CT molecular complexity index is 641. The molecule has 7 nitrogen and oxygen atoms in total. The lowest BCUT2D eigenvalue weighted by atomic mass is 10.2. The summed E-state index contributed by atoms with van der Waals surface area (Å²) in [5.74, 6) is 0.00199. The van der Waals surface area contributed by atoms with Gasteiger partial charge in [-0.15, -0.1) is 0 Å². The fourth-order valence-corrected chi connectivity index (χ4v) is 3.69. The normalized spacial score (nSPS) is 21.2. The minimum atomic E-state index is -0.179. The average Bonchev–Trinajstić information content (AvgIpc) is 3.11. The Labute approximate surface area is 161 Å². The Hall–Kier alpha value is -1.96. The molecule has 0 aliphatic carbocycles. The highest BCUT2D eigenvalue weighted by Crippen LogP contribution is 2.19. The number of nitrogens with zero attached hydrogens (tertiary/aromatic N) is 3. The van der Waals surface area contributed by atoms with Crippen LogP contribution in [0.1, 0.15) is 18.4 Å². The van der Waals surface area contributed by atoms with E-state index in [1.165, 1.54) is 5.56 Å². The van der Waals surface area contributed by atoms with Gasteiger partial charge in [0, 0.05) is 39.4 Å². The molecule has 2 aliphatic rings. The van der Waals surface area contributed by atoms with Crippen LogP contribution in [0.5, 0.6) is 0 Å². The zero-order valence-corrected chi connectivity index (χ0v) is 16.3. The third-order valence-electron chi connectivity index (χ3n) is 5.18. The molecule has 0 spiro atoms. The monoisotopic (exact) mass is 374 g/mol. The third kappa shape index (κ3) is 5.51. The number of benzene rings is 1. The van der Waals surface area contributed by atoms with Gasteiger partial charge in [0.05, 0.1) is 25.8 Å². The molecule has 27 heavy (non-hydrogen) atoms. The molecule has 1 aromatic rings. The fourth-order valence-electron chi connectivity index (χ4n) is 3.69. The van der Waals surface area contributed by atoms with Crippen LogP contribution in [0.2, 0.25) is 0 Å². The Morgan fingerprint density at radius 2 is 1.85 bits per heavy atom. The van der Waals surface area contributed by atoms with Crippen LogP contribution in [-0.4, -0.2) is 86.0 Å². The molecule has 7 heteroatoms. The lowest BCUT2D eigenvalue weighted by Crippen LogP contribution is -2.45. The van der Waals surface area contributed by atoms with Crippen molar-refractivity contribution in [2.24, 2.45) is 0 Å². The van der Waals surface area contributed by atoms with Crippen LogP contribution in [-0.2, 0) is 20.9 Å². The van der Waals surface area contributed by atoms with E-state index >= 15 is 0 Å². The van der Waals surface area contributed by atoms with Crippen LogP contribution in [0.4, 0.5) is 5.69 Å². The molecular formula is C20H30N4O3. The first-order valence-corrected chi connectivity index (χ1v) is 9.67. The standard InChI is InChI=1S/C20H30N4O3/c1-22(2)20(26)18-4-3-9-24(18)15-19(25)21-17-7-5-16(6-8-17)14-23-10-12-27-13-11-23/h5-8,18H,3-4,9-15H2,1-2H3,(H,21,25)/t18-/m1/s1. The molecule has 2 saturated heterocycles. The number of ether oxygens (including phenoxy) is 1. The summed E-state index contributed by atoms with van der Waals surface area (Å²) >= 11 is 0. The summed E-state index contributed by atoms with van der Waals surface area (Å²) in [5, 5.41) is 2.95. The summed E-state index contributed by atoms with van der Waals surface area (Å²) in [7, 11) is 3.52. The third-order valence-corrected chi connectivity index (χ3v) is 5.18.